The minimum Gasteiger partial charge on any atom is -0.383 e. The van der Waals surface area contributed by atoms with Gasteiger partial charge in [0.2, 0.25) is 0 Å². The Morgan fingerprint density at radius 1 is 1.37 bits per heavy atom. The summed E-state index contributed by atoms with van der Waals surface area (Å²) in [6.45, 7) is 0.711. The minimum atomic E-state index is -0.377. The van der Waals surface area contributed by atoms with Gasteiger partial charge < -0.3 is 9.84 Å². The third-order valence-corrected chi connectivity index (χ3v) is 3.44. The molecule has 0 spiro atoms. The number of hydrogen-bond acceptors (Lipinski definition) is 3. The van der Waals surface area contributed by atoms with Crippen molar-refractivity contribution in [1.82, 2.24) is 10.5 Å². The van der Waals surface area contributed by atoms with Crippen LogP contribution in [0.3, 0.4) is 0 Å². The number of rotatable bonds is 3. The quantitative estimate of drug-likeness (QED) is 0.891. The third-order valence-electron chi connectivity index (χ3n) is 3.44. The van der Waals surface area contributed by atoms with E-state index < -0.39 is 0 Å². The number of H-pyrrole nitrogens is 1. The number of aromatic amines is 1. The standard InChI is InChI=1S/C15H18N2O2/c18-15-10-14(19-17-15)12-6-7-16-13(9-12)8-11-4-2-1-3-5-11/h1-5,10,12-13,16H,6-9H2,(H,17,18)/i1D,2D,3D,4D,5D. The molecule has 2 unspecified atom stereocenters. The summed E-state index contributed by atoms with van der Waals surface area (Å²) in [5, 5.41) is 5.60. The van der Waals surface area contributed by atoms with E-state index in [1.54, 1.807) is 0 Å². The summed E-state index contributed by atoms with van der Waals surface area (Å²) in [5.74, 6) is 0.674. The van der Waals surface area contributed by atoms with Gasteiger partial charge in [-0.2, -0.15) is 5.16 Å². The number of nitrogens with one attached hydrogen (secondary N) is 2. The molecule has 1 aromatic heterocycles. The summed E-state index contributed by atoms with van der Waals surface area (Å²) in [6, 6.07) is 0.0865. The SMILES string of the molecule is [2H]c1c([2H])c([2H])c(CC2CC(c3cc(=O)[nH]o3)CCN2)c([2H])c1[2H]. The molecule has 0 aliphatic carbocycles. The molecule has 100 valence electrons. The molecule has 1 fully saturated rings. The Morgan fingerprint density at radius 2 is 2.21 bits per heavy atom. The first-order valence-electron chi connectivity index (χ1n) is 8.86. The maximum atomic E-state index is 11.2. The van der Waals surface area contributed by atoms with Crippen molar-refractivity contribution in [2.45, 2.75) is 31.2 Å². The highest BCUT2D eigenvalue weighted by molar-refractivity contribution is 5.17. The van der Waals surface area contributed by atoms with Crippen molar-refractivity contribution in [3.8, 4) is 0 Å². The summed E-state index contributed by atoms with van der Waals surface area (Å²) < 4.78 is 44.3. The van der Waals surface area contributed by atoms with E-state index in [4.69, 9.17) is 11.4 Å². The molecule has 0 amide bonds. The second-order valence-electron chi connectivity index (χ2n) is 4.80. The number of hydrogen-bond donors (Lipinski definition) is 2. The molecule has 0 radical (unpaired) electrons. The molecule has 1 saturated heterocycles. The van der Waals surface area contributed by atoms with Crippen LogP contribution in [0.5, 0.6) is 0 Å². The first kappa shape index (κ1) is 7.70. The average molecular weight is 263 g/mol. The molecule has 2 aromatic rings. The van der Waals surface area contributed by atoms with Gasteiger partial charge >= 0.3 is 0 Å². The van der Waals surface area contributed by atoms with Crippen molar-refractivity contribution >= 4 is 0 Å². The summed E-state index contributed by atoms with van der Waals surface area (Å²) in [4.78, 5) is 11.2. The normalized spacial score (nSPS) is 27.1. The second kappa shape index (κ2) is 5.45. The van der Waals surface area contributed by atoms with Gasteiger partial charge in [-0.3, -0.25) is 4.79 Å². The Hall–Kier alpha value is -1.81. The van der Waals surface area contributed by atoms with Gasteiger partial charge in [-0.25, -0.2) is 0 Å². The van der Waals surface area contributed by atoms with Gasteiger partial charge in [-0.15, -0.1) is 0 Å². The molecule has 1 aliphatic heterocycles. The second-order valence-corrected chi connectivity index (χ2v) is 4.80. The van der Waals surface area contributed by atoms with E-state index in [2.05, 4.69) is 10.5 Å². The van der Waals surface area contributed by atoms with Crippen molar-refractivity contribution in [2.24, 2.45) is 0 Å². The minimum absolute atomic E-state index is 0.0486. The summed E-state index contributed by atoms with van der Waals surface area (Å²) in [5.41, 5.74) is 0.0420. The molecule has 19 heavy (non-hydrogen) atoms. The van der Waals surface area contributed by atoms with Crippen LogP contribution in [-0.2, 0) is 6.42 Å². The Kier molecular flexibility index (Phi) is 2.21. The van der Waals surface area contributed by atoms with Crippen LogP contribution in [0, 0.1) is 0 Å². The van der Waals surface area contributed by atoms with Crippen LogP contribution in [0.2, 0.25) is 0 Å². The number of benzene rings is 1. The molecular weight excluding hydrogens is 240 g/mol. The van der Waals surface area contributed by atoms with E-state index >= 15 is 0 Å². The van der Waals surface area contributed by atoms with E-state index in [1.807, 2.05) is 0 Å². The predicted molar refractivity (Wildman–Crippen MR) is 73.2 cm³/mol. The Bertz CT molecular complexity index is 788. The number of aromatic nitrogens is 1. The van der Waals surface area contributed by atoms with E-state index in [0.29, 0.717) is 30.7 Å². The zero-order valence-electron chi connectivity index (χ0n) is 15.4. The van der Waals surface area contributed by atoms with Crippen LogP contribution in [0.4, 0.5) is 0 Å². The zero-order chi connectivity index (χ0) is 17.4. The summed E-state index contributed by atoms with van der Waals surface area (Å²) >= 11 is 0. The third kappa shape index (κ3) is 2.96. The Balaban J connectivity index is 1.82. The van der Waals surface area contributed by atoms with Crippen molar-refractivity contribution < 1.29 is 11.4 Å². The first-order chi connectivity index (χ1) is 11.4. The van der Waals surface area contributed by atoms with E-state index in [9.17, 15) is 4.79 Å². The first-order valence-corrected chi connectivity index (χ1v) is 6.36. The lowest BCUT2D eigenvalue weighted by molar-refractivity contribution is 0.292. The van der Waals surface area contributed by atoms with Crippen LogP contribution in [-0.4, -0.2) is 17.7 Å². The molecule has 2 heterocycles. The van der Waals surface area contributed by atoms with Crippen LogP contribution in [0.25, 0.3) is 0 Å². The highest BCUT2D eigenvalue weighted by atomic mass is 16.5. The van der Waals surface area contributed by atoms with Crippen LogP contribution in [0.15, 0.2) is 45.6 Å². The van der Waals surface area contributed by atoms with E-state index in [1.165, 1.54) is 6.07 Å². The molecule has 2 N–H and O–H groups in total. The maximum Gasteiger partial charge on any atom is 0.280 e. The van der Waals surface area contributed by atoms with E-state index in [0.717, 1.165) is 6.42 Å². The lowest BCUT2D eigenvalue weighted by Crippen LogP contribution is -2.38. The van der Waals surface area contributed by atoms with Gasteiger partial charge in [0.25, 0.3) is 5.56 Å². The molecule has 0 bridgehead atoms. The molecule has 4 heteroatoms. The van der Waals surface area contributed by atoms with Gasteiger partial charge in [0.05, 0.1) is 6.85 Å². The largest absolute Gasteiger partial charge is 0.383 e. The maximum absolute atomic E-state index is 11.2. The zero-order valence-corrected chi connectivity index (χ0v) is 10.4. The Labute approximate surface area is 118 Å². The summed E-state index contributed by atoms with van der Waals surface area (Å²) in [6.07, 6.45) is 1.82. The van der Waals surface area contributed by atoms with Crippen LogP contribution >= 0.6 is 0 Å². The molecule has 4 nitrogen and oxygen atoms in total. The van der Waals surface area contributed by atoms with Gasteiger partial charge in [0.1, 0.15) is 5.76 Å². The van der Waals surface area contributed by atoms with Crippen molar-refractivity contribution in [2.75, 3.05) is 6.54 Å². The monoisotopic (exact) mass is 263 g/mol. The molecule has 1 aromatic carbocycles. The fourth-order valence-corrected chi connectivity index (χ4v) is 2.54. The van der Waals surface area contributed by atoms with Crippen LogP contribution in [0.1, 0.15) is 36.9 Å². The van der Waals surface area contributed by atoms with Crippen LogP contribution < -0.4 is 10.9 Å². The fourth-order valence-electron chi connectivity index (χ4n) is 2.54. The smallest absolute Gasteiger partial charge is 0.280 e. The Morgan fingerprint density at radius 3 is 2.95 bits per heavy atom. The van der Waals surface area contributed by atoms with Gasteiger partial charge in [0, 0.05) is 18.0 Å². The predicted octanol–water partition coefficient (Wildman–Crippen LogP) is 2.05. The van der Waals surface area contributed by atoms with Gasteiger partial charge in [-0.1, -0.05) is 30.2 Å². The lowest BCUT2D eigenvalue weighted by Gasteiger charge is -2.29. The molecule has 0 saturated carbocycles. The van der Waals surface area contributed by atoms with E-state index in [-0.39, 0.29) is 47.7 Å². The van der Waals surface area contributed by atoms with Crippen molar-refractivity contribution in [3.63, 3.8) is 0 Å². The summed E-state index contributed by atoms with van der Waals surface area (Å²) in [7, 11) is 0. The molecule has 2 atom stereocenters. The van der Waals surface area contributed by atoms with Gasteiger partial charge in [0.15, 0.2) is 0 Å². The van der Waals surface area contributed by atoms with Gasteiger partial charge in [-0.05, 0) is 31.4 Å². The molecule has 1 aliphatic rings. The average Bonchev–Trinajstić information content (AvgIpc) is 3.02. The van der Waals surface area contributed by atoms with Crippen molar-refractivity contribution in [1.29, 1.82) is 0 Å². The fraction of sp³-hybridized carbons (Fsp3) is 0.400. The highest BCUT2D eigenvalue weighted by Gasteiger charge is 2.25. The van der Waals surface area contributed by atoms with Crippen molar-refractivity contribution in [3.05, 3.63) is 58.0 Å². The topological polar surface area (TPSA) is 58.0 Å². The number of piperidine rings is 1. The lowest BCUT2D eigenvalue weighted by atomic mass is 9.87. The highest BCUT2D eigenvalue weighted by Crippen LogP contribution is 2.27. The molecular formula is C15H18N2O2. The molecule has 3 rings (SSSR count).